The van der Waals surface area contributed by atoms with E-state index in [0.29, 0.717) is 0 Å². The SMILES string of the molecule is CC1(C)c2ccccc2-c2c(B3OC(C)(C)C(C)(C)O3)cc(-c3ccccc3)cc21. The molecule has 30 heavy (non-hydrogen) atoms. The van der Waals surface area contributed by atoms with E-state index < -0.39 is 7.12 Å². The minimum Gasteiger partial charge on any atom is -0.399 e. The number of rotatable bonds is 2. The molecule has 2 aliphatic rings. The van der Waals surface area contributed by atoms with Gasteiger partial charge in [0.25, 0.3) is 0 Å². The highest BCUT2D eigenvalue weighted by molar-refractivity contribution is 6.64. The highest BCUT2D eigenvalue weighted by atomic mass is 16.7. The van der Waals surface area contributed by atoms with Crippen LogP contribution in [0, 0.1) is 0 Å². The van der Waals surface area contributed by atoms with Gasteiger partial charge in [0.1, 0.15) is 0 Å². The molecule has 2 nitrogen and oxygen atoms in total. The molecule has 0 radical (unpaired) electrons. The maximum atomic E-state index is 6.53. The summed E-state index contributed by atoms with van der Waals surface area (Å²) in [5.41, 5.74) is 8.00. The summed E-state index contributed by atoms with van der Waals surface area (Å²) in [5, 5.41) is 0. The molecule has 0 N–H and O–H groups in total. The van der Waals surface area contributed by atoms with Crippen molar-refractivity contribution in [2.75, 3.05) is 0 Å². The molecule has 152 valence electrons. The van der Waals surface area contributed by atoms with Gasteiger partial charge in [0.05, 0.1) is 11.2 Å². The normalized spacial score (nSPS) is 20.1. The van der Waals surface area contributed by atoms with Crippen LogP contribution in [0.3, 0.4) is 0 Å². The molecule has 1 saturated heterocycles. The van der Waals surface area contributed by atoms with Crippen molar-refractivity contribution in [1.29, 1.82) is 0 Å². The predicted octanol–water partition coefficient (Wildman–Crippen LogP) is 5.96. The first-order chi connectivity index (χ1) is 14.1. The molecule has 5 rings (SSSR count). The molecule has 1 aliphatic heterocycles. The van der Waals surface area contributed by atoms with Crippen molar-refractivity contribution in [3.63, 3.8) is 0 Å². The molecule has 0 amide bonds. The van der Waals surface area contributed by atoms with Crippen molar-refractivity contribution in [1.82, 2.24) is 0 Å². The third-order valence-electron chi connectivity index (χ3n) is 7.33. The Morgan fingerprint density at radius 3 is 1.90 bits per heavy atom. The van der Waals surface area contributed by atoms with Crippen LogP contribution in [0.2, 0.25) is 0 Å². The Labute approximate surface area is 180 Å². The summed E-state index contributed by atoms with van der Waals surface area (Å²) in [4.78, 5) is 0. The third-order valence-corrected chi connectivity index (χ3v) is 7.33. The molecule has 0 aromatic heterocycles. The first-order valence-corrected chi connectivity index (χ1v) is 10.8. The summed E-state index contributed by atoms with van der Waals surface area (Å²) in [6, 6.07) is 24.0. The van der Waals surface area contributed by atoms with Gasteiger partial charge >= 0.3 is 7.12 Å². The van der Waals surface area contributed by atoms with Crippen LogP contribution in [0.4, 0.5) is 0 Å². The molecule has 1 fully saturated rings. The lowest BCUT2D eigenvalue weighted by Crippen LogP contribution is -2.41. The summed E-state index contributed by atoms with van der Waals surface area (Å²) in [7, 11) is -0.394. The molecular formula is C27H29BO2. The van der Waals surface area contributed by atoms with Crippen molar-refractivity contribution < 1.29 is 9.31 Å². The van der Waals surface area contributed by atoms with Crippen LogP contribution < -0.4 is 5.46 Å². The van der Waals surface area contributed by atoms with Crippen molar-refractivity contribution in [2.24, 2.45) is 0 Å². The summed E-state index contributed by atoms with van der Waals surface area (Å²) >= 11 is 0. The average molecular weight is 396 g/mol. The second-order valence-corrected chi connectivity index (χ2v) is 10.1. The highest BCUT2D eigenvalue weighted by Gasteiger charge is 2.53. The zero-order valence-electron chi connectivity index (χ0n) is 18.7. The maximum absolute atomic E-state index is 6.53. The van der Waals surface area contributed by atoms with Gasteiger partial charge in [-0.2, -0.15) is 0 Å². The van der Waals surface area contributed by atoms with Crippen LogP contribution in [0.25, 0.3) is 22.3 Å². The maximum Gasteiger partial charge on any atom is 0.495 e. The Hall–Kier alpha value is -2.36. The molecule has 1 heterocycles. The lowest BCUT2D eigenvalue weighted by atomic mass is 9.71. The van der Waals surface area contributed by atoms with Crippen molar-refractivity contribution >= 4 is 12.6 Å². The number of benzene rings is 3. The monoisotopic (exact) mass is 396 g/mol. The zero-order chi connectivity index (χ0) is 21.3. The topological polar surface area (TPSA) is 18.5 Å². The summed E-state index contributed by atoms with van der Waals surface area (Å²) in [5.74, 6) is 0. The van der Waals surface area contributed by atoms with E-state index >= 15 is 0 Å². The molecule has 0 spiro atoms. The minimum absolute atomic E-state index is 0.0743. The smallest absolute Gasteiger partial charge is 0.399 e. The first-order valence-electron chi connectivity index (χ1n) is 10.8. The van der Waals surface area contributed by atoms with Gasteiger partial charge in [0, 0.05) is 5.41 Å². The second kappa shape index (κ2) is 6.32. The fourth-order valence-electron chi connectivity index (χ4n) is 4.80. The summed E-state index contributed by atoms with van der Waals surface area (Å²) in [6.07, 6.45) is 0. The summed E-state index contributed by atoms with van der Waals surface area (Å²) < 4.78 is 13.1. The predicted molar refractivity (Wildman–Crippen MR) is 125 cm³/mol. The van der Waals surface area contributed by atoms with Gasteiger partial charge in [-0.1, -0.05) is 74.5 Å². The van der Waals surface area contributed by atoms with Crippen molar-refractivity contribution in [3.05, 3.63) is 77.9 Å². The average Bonchev–Trinajstić information content (AvgIpc) is 3.08. The Morgan fingerprint density at radius 2 is 1.23 bits per heavy atom. The molecule has 3 aromatic carbocycles. The Morgan fingerprint density at radius 1 is 0.633 bits per heavy atom. The third kappa shape index (κ3) is 2.72. The Balaban J connectivity index is 1.78. The van der Waals surface area contributed by atoms with Crippen molar-refractivity contribution in [2.45, 2.75) is 58.2 Å². The van der Waals surface area contributed by atoms with Crippen LogP contribution in [0.15, 0.2) is 66.7 Å². The number of hydrogen-bond donors (Lipinski definition) is 0. The lowest BCUT2D eigenvalue weighted by molar-refractivity contribution is 0.00578. The van der Waals surface area contributed by atoms with E-state index in [1.807, 2.05) is 0 Å². The Bertz CT molecular complexity index is 1110. The standard InChI is InChI=1S/C27H29BO2/c1-25(2)21-15-11-10-14-20(21)24-22(25)16-19(18-12-8-7-9-13-18)17-23(24)28-29-26(3,4)27(5,6)30-28/h7-17H,1-6H3. The molecule has 3 heteroatoms. The fraction of sp³-hybridized carbons (Fsp3) is 0.333. The van der Waals surface area contributed by atoms with Crippen LogP contribution in [0.1, 0.15) is 52.7 Å². The summed E-state index contributed by atoms with van der Waals surface area (Å²) in [6.45, 7) is 13.1. The molecule has 1 aliphatic carbocycles. The van der Waals surface area contributed by atoms with Gasteiger partial charge in [-0.3, -0.25) is 0 Å². The molecular weight excluding hydrogens is 367 g/mol. The van der Waals surface area contributed by atoms with Gasteiger partial charge in [-0.05, 0) is 72.6 Å². The number of fused-ring (bicyclic) bond motifs is 3. The van der Waals surface area contributed by atoms with Gasteiger partial charge < -0.3 is 9.31 Å². The van der Waals surface area contributed by atoms with E-state index in [0.717, 1.165) is 5.46 Å². The van der Waals surface area contributed by atoms with E-state index in [2.05, 4.69) is 108 Å². The van der Waals surface area contributed by atoms with Crippen LogP contribution in [-0.4, -0.2) is 18.3 Å². The lowest BCUT2D eigenvalue weighted by Gasteiger charge is -2.32. The van der Waals surface area contributed by atoms with Crippen LogP contribution in [0.5, 0.6) is 0 Å². The van der Waals surface area contributed by atoms with E-state index in [4.69, 9.17) is 9.31 Å². The van der Waals surface area contributed by atoms with Gasteiger partial charge in [-0.25, -0.2) is 0 Å². The molecule has 0 saturated carbocycles. The second-order valence-electron chi connectivity index (χ2n) is 10.1. The Kier molecular flexibility index (Phi) is 4.13. The highest BCUT2D eigenvalue weighted by Crippen LogP contribution is 2.49. The minimum atomic E-state index is -0.394. The van der Waals surface area contributed by atoms with Crippen LogP contribution >= 0.6 is 0 Å². The van der Waals surface area contributed by atoms with Crippen molar-refractivity contribution in [3.8, 4) is 22.3 Å². The van der Waals surface area contributed by atoms with E-state index in [1.165, 1.54) is 33.4 Å². The van der Waals surface area contributed by atoms with E-state index in [9.17, 15) is 0 Å². The van der Waals surface area contributed by atoms with Gasteiger partial charge in [0.15, 0.2) is 0 Å². The zero-order valence-corrected chi connectivity index (χ0v) is 18.7. The van der Waals surface area contributed by atoms with Gasteiger partial charge in [-0.15, -0.1) is 0 Å². The van der Waals surface area contributed by atoms with Crippen LogP contribution in [-0.2, 0) is 14.7 Å². The fourth-order valence-corrected chi connectivity index (χ4v) is 4.80. The molecule has 0 unspecified atom stereocenters. The quantitative estimate of drug-likeness (QED) is 0.498. The molecule has 0 atom stereocenters. The molecule has 0 bridgehead atoms. The first kappa shape index (κ1) is 19.6. The number of hydrogen-bond acceptors (Lipinski definition) is 2. The van der Waals surface area contributed by atoms with E-state index in [1.54, 1.807) is 0 Å². The van der Waals surface area contributed by atoms with E-state index in [-0.39, 0.29) is 16.6 Å². The molecule has 3 aromatic rings. The largest absolute Gasteiger partial charge is 0.495 e. The van der Waals surface area contributed by atoms with Gasteiger partial charge in [0.2, 0.25) is 0 Å².